The van der Waals surface area contributed by atoms with Gasteiger partial charge in [0.25, 0.3) is 5.91 Å². The number of likely N-dealkylation sites (tertiary alicyclic amines) is 1. The predicted octanol–water partition coefficient (Wildman–Crippen LogP) is 1.83. The Bertz CT molecular complexity index is 3630. The third-order valence-corrected chi connectivity index (χ3v) is 21.7. The van der Waals surface area contributed by atoms with Gasteiger partial charge in [-0.15, -0.1) is 0 Å². The molecule has 3 fully saturated rings. The number of carbonyl (C=O) groups excluding carboxylic acids is 16. The number of amides is 12. The van der Waals surface area contributed by atoms with Crippen molar-refractivity contribution in [1.29, 1.82) is 0 Å². The van der Waals surface area contributed by atoms with Gasteiger partial charge >= 0.3 is 23.9 Å². The molecule has 0 unspecified atom stereocenters. The first-order valence-electron chi connectivity index (χ1n) is 41.3. The number of benzene rings is 1. The lowest BCUT2D eigenvalue weighted by atomic mass is 9.91. The van der Waals surface area contributed by atoms with Gasteiger partial charge in [-0.25, -0.2) is 9.59 Å². The fourth-order valence-electron chi connectivity index (χ4n) is 14.5. The topological polar surface area (TPSA) is 525 Å². The van der Waals surface area contributed by atoms with Crippen LogP contribution in [-0.2, 0) is 102 Å². The normalized spacial score (nSPS) is 23.2. The van der Waals surface area contributed by atoms with Crippen LogP contribution in [0.25, 0.3) is 0 Å². The van der Waals surface area contributed by atoms with E-state index in [1.165, 1.54) is 40.0 Å². The molecule has 118 heavy (non-hydrogen) atoms. The number of carboxylic acid groups (broad SMARTS) is 1. The highest BCUT2D eigenvalue weighted by Gasteiger charge is 2.47. The van der Waals surface area contributed by atoms with Gasteiger partial charge in [0.15, 0.2) is 18.0 Å². The number of cyclic esters (lactones) is 2. The molecule has 3 saturated heterocycles. The number of aliphatic hydroxyl groups excluding tert-OH is 2. The maximum atomic E-state index is 15.4. The van der Waals surface area contributed by atoms with Crippen LogP contribution in [-0.4, -0.2) is 261 Å². The van der Waals surface area contributed by atoms with Crippen LogP contribution in [0.1, 0.15) is 223 Å². The Hall–Kier alpha value is -9.87. The minimum Gasteiger partial charge on any atom is -0.497 e. The zero-order chi connectivity index (χ0) is 88.7. The summed E-state index contributed by atoms with van der Waals surface area (Å²) in [5.41, 5.74) is 11.3. The number of nitrogens with two attached hydrogens (primary N) is 2. The molecule has 17 atom stereocenters. The Morgan fingerprint density at radius 2 is 1.31 bits per heavy atom. The minimum absolute atomic E-state index is 0.00672. The second-order valence-corrected chi connectivity index (χ2v) is 32.6. The largest absolute Gasteiger partial charge is 0.497 e. The molecule has 3 aliphatic heterocycles. The lowest BCUT2D eigenvalue weighted by Crippen LogP contribution is -2.62. The number of ether oxygens (including phenoxy) is 4. The fourth-order valence-corrected chi connectivity index (χ4v) is 14.5. The Morgan fingerprint density at radius 3 is 1.87 bits per heavy atom. The van der Waals surface area contributed by atoms with Crippen molar-refractivity contribution in [2.45, 2.75) is 315 Å². The summed E-state index contributed by atoms with van der Waals surface area (Å²) in [6.07, 6.45) is -7.11. The van der Waals surface area contributed by atoms with Crippen molar-refractivity contribution in [3.05, 3.63) is 29.8 Å². The van der Waals surface area contributed by atoms with Gasteiger partial charge in [-0.3, -0.25) is 71.9 Å². The number of hydrogen-bond donors (Lipinski definition) is 11. The standard InChI is InChI=1S/C82H130N12O24/c1-16-18-19-20-21-24-52(95)42-65(99)85-54(31-34-63(83)97)73(105)86-55(32-35-64(84)98)74(106)87-56(33-36-66(100)101)81(113)117-50(12)77(109)93-37-22-25-58(93)79(111)91(13)60(40-45(5)6)75(107)90-69-49(11)116-82(114)61(41-51-27-29-53(115-15)30-28-51)92(14)80(112)59-26-23-38-94(59)78(110)57(39-44(3)4)88-72(104)48(10)70(103)71(46(7)8)118-67(102)43-62(96)68(47(9)17-2)89-76(69)108/h27-30,44-50,52,54-62,68-69,71,95-96H,16-26,31-43H2,1-15H3,(H2,83,97)(H2,84,98)(H,85,99)(H,86,105)(H,87,106)(H,88,104)(H,89,108)(H,90,107)(H,100,101)/t47-,48-,49-,50-,52+,54-,55-,56-,57-,58-,59-,60+,61-,62-,68-,69-,71-/m0/s1. The predicted molar refractivity (Wildman–Crippen MR) is 428 cm³/mol. The molecule has 0 aromatic heterocycles. The van der Waals surface area contributed by atoms with Crippen molar-refractivity contribution in [2.75, 3.05) is 34.3 Å². The average molecular weight is 1670 g/mol. The van der Waals surface area contributed by atoms with Crippen LogP contribution >= 0.6 is 0 Å². The third kappa shape index (κ3) is 31.1. The number of hydrogen-bond acceptors (Lipinski definition) is 23. The van der Waals surface area contributed by atoms with Gasteiger partial charge in [0.05, 0.1) is 44.1 Å². The van der Waals surface area contributed by atoms with Crippen molar-refractivity contribution in [3.63, 3.8) is 0 Å². The highest BCUT2D eigenvalue weighted by Crippen LogP contribution is 2.29. The van der Waals surface area contributed by atoms with Crippen LogP contribution in [0.15, 0.2) is 24.3 Å². The number of ketones is 1. The number of aliphatic hydroxyl groups is 2. The maximum absolute atomic E-state index is 15.4. The molecule has 3 aliphatic rings. The number of Topliss-reactive ketones (excluding diaryl/α,β-unsaturated/α-hetero) is 1. The summed E-state index contributed by atoms with van der Waals surface area (Å²) < 4.78 is 23.0. The van der Waals surface area contributed by atoms with Gasteiger partial charge in [-0.2, -0.15) is 0 Å². The number of carboxylic acids is 1. The van der Waals surface area contributed by atoms with Crippen LogP contribution in [0, 0.1) is 29.6 Å². The first kappa shape index (κ1) is 100. The number of esters is 3. The molecule has 1 aromatic carbocycles. The molecule has 3 heterocycles. The van der Waals surface area contributed by atoms with E-state index in [4.69, 9.17) is 30.4 Å². The smallest absolute Gasteiger partial charge is 0.329 e. The fraction of sp³-hybridized carbons (Fsp3) is 0.720. The number of fused-ring (bicyclic) bond motifs is 1. The van der Waals surface area contributed by atoms with Crippen LogP contribution < -0.4 is 48.1 Å². The lowest BCUT2D eigenvalue weighted by molar-refractivity contribution is -0.163. The lowest BCUT2D eigenvalue weighted by Gasteiger charge is -2.36. The van der Waals surface area contributed by atoms with Gasteiger partial charge in [0, 0.05) is 52.9 Å². The molecule has 0 radical (unpaired) electrons. The van der Waals surface area contributed by atoms with E-state index in [9.17, 15) is 72.9 Å². The van der Waals surface area contributed by atoms with Gasteiger partial charge in [-0.05, 0) is 126 Å². The molecule has 1 aromatic rings. The van der Waals surface area contributed by atoms with Crippen molar-refractivity contribution in [3.8, 4) is 5.75 Å². The SMILES string of the molecule is CCCCCCC[C@@H](O)CC(=O)N[C@@H](CCC(N)=O)C(=O)N[C@@H](CCC(N)=O)C(=O)N[C@@H](CCC(=O)O)C(=O)O[C@@H](C)C(=O)N1CCC[C@H]1C(=O)N(C)[C@H](CC(C)C)C(=O)N[C@@H]1C(=O)N[C@@H]([C@@H](C)CC)[C@@H](O)CC(=O)O[C@@H](C(C)C)C(=O)[C@H](C)C(=O)N[C@@H](CC(C)C)C(=O)N2CCC[C@H]2C(=O)N(C)[C@@H](Cc2ccc(OC)cc2)C(=O)O[C@H]1C. The summed E-state index contributed by atoms with van der Waals surface area (Å²) in [6.45, 7) is 19.3. The van der Waals surface area contributed by atoms with E-state index in [1.807, 2.05) is 20.8 Å². The number of likely N-dealkylation sites (N-methyl/N-ethyl adjacent to an activating group) is 2. The summed E-state index contributed by atoms with van der Waals surface area (Å²) in [5.74, 6) is -19.7. The number of methoxy groups -OCH3 is 1. The molecule has 36 nitrogen and oxygen atoms in total. The van der Waals surface area contributed by atoms with Gasteiger partial charge in [-0.1, -0.05) is 113 Å². The number of aliphatic carboxylic acids is 1. The number of unbranched alkanes of at least 4 members (excludes halogenated alkanes) is 4. The van der Waals surface area contributed by atoms with E-state index in [2.05, 4.69) is 31.9 Å². The van der Waals surface area contributed by atoms with E-state index in [1.54, 1.807) is 65.8 Å². The number of nitrogens with one attached hydrogen (secondary N) is 6. The van der Waals surface area contributed by atoms with Crippen molar-refractivity contribution < 1.29 is 116 Å². The molecule has 0 bridgehead atoms. The van der Waals surface area contributed by atoms with Crippen LogP contribution in [0.2, 0.25) is 0 Å². The summed E-state index contributed by atoms with van der Waals surface area (Å²) in [4.78, 5) is 244. The Kier molecular flexibility index (Phi) is 41.6. The van der Waals surface area contributed by atoms with Gasteiger partial charge in [0.1, 0.15) is 66.2 Å². The van der Waals surface area contributed by atoms with Crippen LogP contribution in [0.3, 0.4) is 0 Å². The molecule has 36 heteroatoms. The molecule has 0 spiro atoms. The molecule has 0 saturated carbocycles. The zero-order valence-corrected chi connectivity index (χ0v) is 71.2. The number of carbonyl (C=O) groups is 17. The van der Waals surface area contributed by atoms with Gasteiger partial charge in [0.2, 0.25) is 65.0 Å². The zero-order valence-electron chi connectivity index (χ0n) is 71.2. The summed E-state index contributed by atoms with van der Waals surface area (Å²) >= 11 is 0. The maximum Gasteiger partial charge on any atom is 0.329 e. The number of rotatable bonds is 39. The highest BCUT2D eigenvalue weighted by molar-refractivity contribution is 6.05. The van der Waals surface area contributed by atoms with Gasteiger partial charge < -0.3 is 97.2 Å². The quantitative estimate of drug-likeness (QED) is 0.0194. The molecule has 662 valence electrons. The van der Waals surface area contributed by atoms with Crippen LogP contribution in [0.4, 0.5) is 0 Å². The molecular formula is C82H130N12O24. The average Bonchev–Trinajstić information content (AvgIpc) is 1.61. The monoisotopic (exact) mass is 1670 g/mol. The number of nitrogens with zero attached hydrogens (tertiary/aromatic N) is 4. The van der Waals surface area contributed by atoms with E-state index >= 15 is 24.0 Å². The minimum atomic E-state index is -1.93. The van der Waals surface area contributed by atoms with E-state index < -0.39 is 260 Å². The van der Waals surface area contributed by atoms with Crippen molar-refractivity contribution >= 4 is 101 Å². The summed E-state index contributed by atoms with van der Waals surface area (Å²) in [6, 6.07) is -8.70. The van der Waals surface area contributed by atoms with Crippen molar-refractivity contribution in [1.82, 2.24) is 51.5 Å². The highest BCUT2D eigenvalue weighted by atomic mass is 16.6. The Labute approximate surface area is 691 Å². The molecular weight excluding hydrogens is 1540 g/mol. The first-order valence-corrected chi connectivity index (χ1v) is 41.3. The van der Waals surface area contributed by atoms with Crippen molar-refractivity contribution in [2.24, 2.45) is 41.1 Å². The summed E-state index contributed by atoms with van der Waals surface area (Å²) in [7, 11) is 4.07. The molecule has 0 aliphatic carbocycles. The number of primary amides is 2. The molecule has 13 N–H and O–H groups in total. The third-order valence-electron chi connectivity index (χ3n) is 21.7. The first-order chi connectivity index (χ1) is 55.5. The second kappa shape index (κ2) is 48.9. The molecule has 4 rings (SSSR count). The molecule has 12 amide bonds. The Morgan fingerprint density at radius 1 is 0.712 bits per heavy atom. The Balaban J connectivity index is 1.75. The van der Waals surface area contributed by atoms with Crippen LogP contribution in [0.5, 0.6) is 5.75 Å². The van der Waals surface area contributed by atoms with E-state index in [0.717, 1.165) is 47.3 Å². The van der Waals surface area contributed by atoms with E-state index in [-0.39, 0.29) is 76.8 Å². The second-order valence-electron chi connectivity index (χ2n) is 32.6. The summed E-state index contributed by atoms with van der Waals surface area (Å²) in [5, 5.41) is 47.7. The van der Waals surface area contributed by atoms with E-state index in [0.29, 0.717) is 24.2 Å².